The van der Waals surface area contributed by atoms with Crippen LogP contribution in [-0.4, -0.2) is 334 Å². The lowest BCUT2D eigenvalue weighted by Crippen LogP contribution is -2.67. The second-order valence-corrected chi connectivity index (χ2v) is 17.8. The summed E-state index contributed by atoms with van der Waals surface area (Å²) in [7, 11) is 0. The van der Waals surface area contributed by atoms with Gasteiger partial charge in [-0.1, -0.05) is 0 Å². The molecule has 7 aliphatic heterocycles. The van der Waals surface area contributed by atoms with Crippen LogP contribution in [0.25, 0.3) is 0 Å². The monoisotopic (exact) mass is 1030 g/mol. The third-order valence-corrected chi connectivity index (χ3v) is 13.0. The Hall–Kier alpha value is -1.28. The van der Waals surface area contributed by atoms with Crippen molar-refractivity contribution >= 4 is 0 Å². The molecule has 0 spiro atoms. The van der Waals surface area contributed by atoms with Crippen molar-refractivity contribution < 1.29 is 159 Å². The Morgan fingerprint density at radius 3 is 1.09 bits per heavy atom. The number of hydrogen-bond acceptors (Lipinski definition) is 32. The molecule has 70 heavy (non-hydrogen) atoms. The molecule has 0 aromatic carbocycles. The van der Waals surface area contributed by atoms with E-state index in [2.05, 4.69) is 0 Å². The fraction of sp³-hybridized carbons (Fsp3) is 1.00. The lowest BCUT2D eigenvalue weighted by atomic mass is 9.96. The molecule has 0 saturated carbocycles. The predicted octanol–water partition coefficient (Wildman–Crippen LogP) is -13.7. The second-order valence-electron chi connectivity index (χ2n) is 17.8. The van der Waals surface area contributed by atoms with E-state index in [1.807, 2.05) is 0 Å². The standard InChI is InChI=1S/C38H64O32/c39-1-10-17(46)24(53)33(63-10)69-30-15(44)8(42)4-58-37(30)60-6-13-19(48)20(49)26(55)35(65-13)68-29-14(66-36(27(56)22(29)51)67-28-12(3-41)62-32(57)23(52)21(28)50)7-61-38-31(16(45)9(43)5-59-38)70-34-25(54)18(47)11(2-40)64-34/h8-57H,1-7H2. The van der Waals surface area contributed by atoms with E-state index < -0.39 is 237 Å². The first-order valence-corrected chi connectivity index (χ1v) is 22.3. The molecule has 7 heterocycles. The van der Waals surface area contributed by atoms with Gasteiger partial charge < -0.3 is 159 Å². The van der Waals surface area contributed by atoms with Crippen molar-refractivity contribution in [1.29, 1.82) is 0 Å². The Morgan fingerprint density at radius 1 is 0.300 bits per heavy atom. The largest absolute Gasteiger partial charge is 0.394 e. The van der Waals surface area contributed by atoms with E-state index in [0.29, 0.717) is 0 Å². The van der Waals surface area contributed by atoms with Crippen LogP contribution in [0.1, 0.15) is 0 Å². The first-order chi connectivity index (χ1) is 33.2. The maximum atomic E-state index is 11.6. The van der Waals surface area contributed by atoms with Gasteiger partial charge in [-0.3, -0.25) is 0 Å². The van der Waals surface area contributed by atoms with E-state index in [1.54, 1.807) is 0 Å². The van der Waals surface area contributed by atoms with Crippen LogP contribution in [0.3, 0.4) is 0 Å². The van der Waals surface area contributed by atoms with E-state index in [0.717, 1.165) is 0 Å². The van der Waals surface area contributed by atoms with E-state index in [-0.39, 0.29) is 0 Å². The van der Waals surface area contributed by atoms with Gasteiger partial charge >= 0.3 is 0 Å². The van der Waals surface area contributed by atoms with Gasteiger partial charge in [0, 0.05) is 0 Å². The van der Waals surface area contributed by atoms with Crippen molar-refractivity contribution in [2.45, 2.75) is 191 Å². The molecule has 0 aromatic heterocycles. The molecule has 19 N–H and O–H groups in total. The highest BCUT2D eigenvalue weighted by atomic mass is 16.8. The Morgan fingerprint density at radius 2 is 0.643 bits per heavy atom. The molecule has 0 aromatic rings. The minimum absolute atomic E-state index is 0.545. The maximum Gasteiger partial charge on any atom is 0.187 e. The smallest absolute Gasteiger partial charge is 0.187 e. The van der Waals surface area contributed by atoms with Crippen molar-refractivity contribution in [3.8, 4) is 0 Å². The minimum atomic E-state index is -2.21. The zero-order valence-corrected chi connectivity index (χ0v) is 36.7. The van der Waals surface area contributed by atoms with Gasteiger partial charge in [0.1, 0.15) is 146 Å². The van der Waals surface area contributed by atoms with Crippen LogP contribution in [0.15, 0.2) is 0 Å². The lowest BCUT2D eigenvalue weighted by Gasteiger charge is -2.48. The van der Waals surface area contributed by atoms with E-state index >= 15 is 0 Å². The molecule has 31 unspecified atom stereocenters. The molecule has 0 amide bonds. The molecule has 32 nitrogen and oxygen atoms in total. The summed E-state index contributed by atoms with van der Waals surface area (Å²) < 4.78 is 72.9. The molecule has 0 radical (unpaired) electrons. The van der Waals surface area contributed by atoms with Crippen molar-refractivity contribution in [3.63, 3.8) is 0 Å². The Balaban J connectivity index is 1.09. The van der Waals surface area contributed by atoms with Gasteiger partial charge in [-0.05, 0) is 0 Å². The lowest BCUT2D eigenvalue weighted by molar-refractivity contribution is -0.385. The fourth-order valence-corrected chi connectivity index (χ4v) is 8.79. The molecule has 32 heteroatoms. The van der Waals surface area contributed by atoms with Crippen LogP contribution in [0.4, 0.5) is 0 Å². The average Bonchev–Trinajstić information content (AvgIpc) is 3.78. The molecule has 31 atom stereocenters. The van der Waals surface area contributed by atoms with E-state index in [9.17, 15) is 97.0 Å². The zero-order chi connectivity index (χ0) is 51.0. The molecular weight excluding hydrogens is 968 g/mol. The summed E-state index contributed by atoms with van der Waals surface area (Å²) in [6, 6.07) is 0. The van der Waals surface area contributed by atoms with Gasteiger partial charge in [-0.15, -0.1) is 0 Å². The number of aliphatic hydroxyl groups is 19. The number of ether oxygens (including phenoxy) is 13. The number of rotatable bonds is 17. The molecule has 0 aliphatic carbocycles. The minimum Gasteiger partial charge on any atom is -0.394 e. The molecule has 7 aliphatic rings. The summed E-state index contributed by atoms with van der Waals surface area (Å²) in [5.74, 6) is 0. The molecule has 7 rings (SSSR count). The van der Waals surface area contributed by atoms with Crippen LogP contribution < -0.4 is 0 Å². The molecular formula is C38H64O32. The van der Waals surface area contributed by atoms with Crippen LogP contribution in [0, 0.1) is 0 Å². The first-order valence-electron chi connectivity index (χ1n) is 22.3. The molecule has 408 valence electrons. The van der Waals surface area contributed by atoms with Crippen LogP contribution >= 0.6 is 0 Å². The SMILES string of the molecule is OCC1OC(OC2C(OCC3OC(OC4C(COC5OCC(O)C(O)C5OC5OC(CO)C(O)C5O)OC(OC5C(CO)OC(O)C(O)C5O)C(O)C4O)C(O)C(O)C3O)OCC(O)C2O)C(O)C1O. The van der Waals surface area contributed by atoms with Gasteiger partial charge in [0.2, 0.25) is 0 Å². The topological polar surface area (TPSA) is 504 Å². The normalized spacial score (nSPS) is 53.6. The summed E-state index contributed by atoms with van der Waals surface area (Å²) in [6.07, 6.45) is -56.2. The fourth-order valence-electron chi connectivity index (χ4n) is 8.79. The average molecular weight is 1030 g/mol. The Kier molecular flexibility index (Phi) is 19.5. The Bertz CT molecular complexity index is 1610. The molecule has 7 saturated heterocycles. The highest BCUT2D eigenvalue weighted by Crippen LogP contribution is 2.35. The zero-order valence-electron chi connectivity index (χ0n) is 36.7. The number of aliphatic hydroxyl groups excluding tert-OH is 19. The van der Waals surface area contributed by atoms with Gasteiger partial charge in [0.25, 0.3) is 0 Å². The Labute approximate surface area is 395 Å². The van der Waals surface area contributed by atoms with Gasteiger partial charge in [-0.25, -0.2) is 0 Å². The highest BCUT2D eigenvalue weighted by Gasteiger charge is 2.56. The van der Waals surface area contributed by atoms with Crippen LogP contribution in [0.2, 0.25) is 0 Å². The highest BCUT2D eigenvalue weighted by molar-refractivity contribution is 4.98. The van der Waals surface area contributed by atoms with Crippen molar-refractivity contribution in [3.05, 3.63) is 0 Å². The summed E-state index contributed by atoms with van der Waals surface area (Å²) in [4.78, 5) is 0. The first kappa shape index (κ1) is 56.4. The van der Waals surface area contributed by atoms with Gasteiger partial charge in [0.05, 0.1) is 46.2 Å². The van der Waals surface area contributed by atoms with Crippen molar-refractivity contribution in [2.75, 3.05) is 46.2 Å². The number of hydrogen-bond donors (Lipinski definition) is 19. The van der Waals surface area contributed by atoms with Crippen molar-refractivity contribution in [2.24, 2.45) is 0 Å². The quantitative estimate of drug-likeness (QED) is 0.0643. The molecule has 0 bridgehead atoms. The maximum absolute atomic E-state index is 11.6. The van der Waals surface area contributed by atoms with E-state index in [4.69, 9.17) is 61.6 Å². The van der Waals surface area contributed by atoms with Crippen LogP contribution in [0.5, 0.6) is 0 Å². The van der Waals surface area contributed by atoms with E-state index in [1.165, 1.54) is 0 Å². The van der Waals surface area contributed by atoms with Crippen molar-refractivity contribution in [1.82, 2.24) is 0 Å². The van der Waals surface area contributed by atoms with Gasteiger partial charge in [0.15, 0.2) is 44.0 Å². The third kappa shape index (κ3) is 11.7. The molecule has 7 fully saturated rings. The summed E-state index contributed by atoms with van der Waals surface area (Å²) in [6.45, 7) is -5.23. The second kappa shape index (κ2) is 24.2. The van der Waals surface area contributed by atoms with Gasteiger partial charge in [-0.2, -0.15) is 0 Å². The summed E-state index contributed by atoms with van der Waals surface area (Å²) in [5, 5.41) is 200. The summed E-state index contributed by atoms with van der Waals surface area (Å²) >= 11 is 0. The third-order valence-electron chi connectivity index (χ3n) is 13.0. The summed E-state index contributed by atoms with van der Waals surface area (Å²) in [5.41, 5.74) is 0. The predicted molar refractivity (Wildman–Crippen MR) is 208 cm³/mol. The van der Waals surface area contributed by atoms with Crippen LogP contribution in [-0.2, 0) is 61.6 Å².